The lowest BCUT2D eigenvalue weighted by Gasteiger charge is -2.32. The third kappa shape index (κ3) is 3.84. The lowest BCUT2D eigenvalue weighted by atomic mass is 9.97. The van der Waals surface area contributed by atoms with Gasteiger partial charge in [0, 0.05) is 25.2 Å². The lowest BCUT2D eigenvalue weighted by Crippen LogP contribution is -2.36. The van der Waals surface area contributed by atoms with E-state index in [0.717, 1.165) is 37.6 Å². The van der Waals surface area contributed by atoms with Crippen LogP contribution in [-0.4, -0.2) is 43.2 Å². The molecule has 0 amide bonds. The van der Waals surface area contributed by atoms with E-state index in [1.165, 1.54) is 18.4 Å². The topological polar surface area (TPSA) is 80.2 Å². The molecule has 2 aromatic rings. The molecular weight excluding hydrogens is 306 g/mol. The number of aryl methyl sites for hydroxylation is 2. The van der Waals surface area contributed by atoms with E-state index in [1.54, 1.807) is 13.8 Å². The summed E-state index contributed by atoms with van der Waals surface area (Å²) < 4.78 is 7.13. The summed E-state index contributed by atoms with van der Waals surface area (Å²) >= 11 is 0. The average molecular weight is 333 g/mol. The molecule has 2 aromatic heterocycles. The Morgan fingerprint density at radius 1 is 1.38 bits per heavy atom. The van der Waals surface area contributed by atoms with E-state index in [1.807, 2.05) is 24.7 Å². The van der Waals surface area contributed by atoms with Crippen molar-refractivity contribution in [3.63, 3.8) is 0 Å². The minimum atomic E-state index is -0.944. The maximum Gasteiger partial charge on any atom is 0.138 e. The normalized spacial score (nSPS) is 19.8. The molecule has 1 atom stereocenters. The molecule has 132 valence electrons. The predicted octanol–water partition coefficient (Wildman–Crippen LogP) is 2.02. The van der Waals surface area contributed by atoms with Crippen LogP contribution in [0.4, 0.5) is 0 Å². The lowest BCUT2D eigenvalue weighted by molar-refractivity contribution is 0.0737. The van der Waals surface area contributed by atoms with Crippen LogP contribution >= 0.6 is 0 Å². The summed E-state index contributed by atoms with van der Waals surface area (Å²) in [4.78, 5) is 2.47. The second-order valence-electron chi connectivity index (χ2n) is 7.43. The standard InChI is InChI=1S/C17H27N5O2/c1-12-15(13(2)24-19-12)10-21-7-5-6-14(8-21)9-22-11-16(18-20-22)17(3,4)23/h11,14,23H,5-10H2,1-4H3/t14-/m1/s1. The van der Waals surface area contributed by atoms with Crippen LogP contribution in [0.2, 0.25) is 0 Å². The zero-order chi connectivity index (χ0) is 17.3. The molecule has 1 N–H and O–H groups in total. The molecule has 1 saturated heterocycles. The van der Waals surface area contributed by atoms with Gasteiger partial charge < -0.3 is 9.63 Å². The largest absolute Gasteiger partial charge is 0.384 e. The van der Waals surface area contributed by atoms with Crippen molar-refractivity contribution in [2.45, 2.75) is 59.2 Å². The molecule has 7 heteroatoms. The summed E-state index contributed by atoms with van der Waals surface area (Å²) in [6, 6.07) is 0. The molecule has 3 heterocycles. The average Bonchev–Trinajstić information content (AvgIpc) is 3.10. The van der Waals surface area contributed by atoms with Gasteiger partial charge in [-0.05, 0) is 53.0 Å². The first-order chi connectivity index (χ1) is 11.3. The molecule has 0 unspecified atom stereocenters. The minimum Gasteiger partial charge on any atom is -0.384 e. The van der Waals surface area contributed by atoms with Crippen LogP contribution in [0.3, 0.4) is 0 Å². The van der Waals surface area contributed by atoms with Crippen molar-refractivity contribution in [1.82, 2.24) is 25.1 Å². The molecule has 1 fully saturated rings. The van der Waals surface area contributed by atoms with Crippen molar-refractivity contribution in [2.24, 2.45) is 5.92 Å². The Labute approximate surface area is 142 Å². The van der Waals surface area contributed by atoms with Gasteiger partial charge in [-0.25, -0.2) is 0 Å². The SMILES string of the molecule is Cc1noc(C)c1CN1CCC[C@@H](Cn2cc(C(C)(C)O)nn2)C1. The molecule has 0 radical (unpaired) electrons. The highest BCUT2D eigenvalue weighted by Gasteiger charge is 2.24. The third-order valence-corrected chi connectivity index (χ3v) is 4.78. The number of piperidine rings is 1. The predicted molar refractivity (Wildman–Crippen MR) is 89.2 cm³/mol. The van der Waals surface area contributed by atoms with Gasteiger partial charge >= 0.3 is 0 Å². The quantitative estimate of drug-likeness (QED) is 0.902. The minimum absolute atomic E-state index is 0.538. The first kappa shape index (κ1) is 17.1. The van der Waals surface area contributed by atoms with Gasteiger partial charge in [0.2, 0.25) is 0 Å². The monoisotopic (exact) mass is 333 g/mol. The highest BCUT2D eigenvalue weighted by Crippen LogP contribution is 2.23. The fourth-order valence-corrected chi connectivity index (χ4v) is 3.33. The van der Waals surface area contributed by atoms with Crippen molar-refractivity contribution in [3.8, 4) is 0 Å². The molecular formula is C17H27N5O2. The number of likely N-dealkylation sites (tertiary alicyclic amines) is 1. The Morgan fingerprint density at radius 3 is 2.79 bits per heavy atom. The smallest absolute Gasteiger partial charge is 0.138 e. The molecule has 0 aromatic carbocycles. The van der Waals surface area contributed by atoms with E-state index in [4.69, 9.17) is 4.52 Å². The van der Waals surface area contributed by atoms with E-state index in [2.05, 4.69) is 20.4 Å². The van der Waals surface area contributed by atoms with Gasteiger partial charge in [-0.3, -0.25) is 9.58 Å². The van der Waals surface area contributed by atoms with Gasteiger partial charge in [0.15, 0.2) is 0 Å². The summed E-state index contributed by atoms with van der Waals surface area (Å²) in [6.07, 6.45) is 4.23. The molecule has 1 aliphatic heterocycles. The van der Waals surface area contributed by atoms with Crippen LogP contribution in [0, 0.1) is 19.8 Å². The van der Waals surface area contributed by atoms with Gasteiger partial charge in [0.25, 0.3) is 0 Å². The number of aromatic nitrogens is 4. The first-order valence-electron chi connectivity index (χ1n) is 8.60. The molecule has 7 nitrogen and oxygen atoms in total. The number of hydrogen-bond donors (Lipinski definition) is 1. The Balaban J connectivity index is 1.60. The summed E-state index contributed by atoms with van der Waals surface area (Å²) in [7, 11) is 0. The van der Waals surface area contributed by atoms with Gasteiger partial charge in [-0.15, -0.1) is 5.10 Å². The van der Waals surface area contributed by atoms with Crippen molar-refractivity contribution >= 4 is 0 Å². The summed E-state index contributed by atoms with van der Waals surface area (Å²) in [6.45, 7) is 11.3. The number of hydrogen-bond acceptors (Lipinski definition) is 6. The van der Waals surface area contributed by atoms with Gasteiger partial charge in [-0.2, -0.15) is 0 Å². The Morgan fingerprint density at radius 2 is 2.17 bits per heavy atom. The molecule has 1 aliphatic rings. The Hall–Kier alpha value is -1.73. The van der Waals surface area contributed by atoms with Crippen LogP contribution in [0.25, 0.3) is 0 Å². The molecule has 0 bridgehead atoms. The molecule has 24 heavy (non-hydrogen) atoms. The Bertz CT molecular complexity index is 666. The molecule has 0 saturated carbocycles. The van der Waals surface area contributed by atoms with Crippen molar-refractivity contribution < 1.29 is 9.63 Å². The maximum atomic E-state index is 10.0. The maximum absolute atomic E-state index is 10.0. The van der Waals surface area contributed by atoms with Crippen LogP contribution in [0.1, 0.15) is 49.4 Å². The first-order valence-corrected chi connectivity index (χ1v) is 8.60. The van der Waals surface area contributed by atoms with Crippen LogP contribution in [-0.2, 0) is 18.7 Å². The van der Waals surface area contributed by atoms with Crippen LogP contribution < -0.4 is 0 Å². The molecule has 3 rings (SSSR count). The Kier molecular flexibility index (Phi) is 4.73. The summed E-state index contributed by atoms with van der Waals surface area (Å²) in [5.41, 5.74) is 1.87. The number of nitrogens with zero attached hydrogens (tertiary/aromatic N) is 5. The fraction of sp³-hybridized carbons (Fsp3) is 0.706. The fourth-order valence-electron chi connectivity index (χ4n) is 3.33. The van der Waals surface area contributed by atoms with E-state index < -0.39 is 5.60 Å². The third-order valence-electron chi connectivity index (χ3n) is 4.78. The number of rotatable bonds is 5. The van der Waals surface area contributed by atoms with E-state index >= 15 is 0 Å². The van der Waals surface area contributed by atoms with Gasteiger partial charge in [0.1, 0.15) is 17.1 Å². The van der Waals surface area contributed by atoms with Crippen molar-refractivity contribution in [2.75, 3.05) is 13.1 Å². The zero-order valence-corrected chi connectivity index (χ0v) is 15.0. The molecule has 0 aliphatic carbocycles. The van der Waals surface area contributed by atoms with Crippen molar-refractivity contribution in [1.29, 1.82) is 0 Å². The van der Waals surface area contributed by atoms with Crippen LogP contribution in [0.15, 0.2) is 10.7 Å². The second-order valence-corrected chi connectivity index (χ2v) is 7.43. The van der Waals surface area contributed by atoms with E-state index in [9.17, 15) is 5.11 Å². The van der Waals surface area contributed by atoms with Gasteiger partial charge in [-0.1, -0.05) is 10.4 Å². The number of aliphatic hydroxyl groups is 1. The van der Waals surface area contributed by atoms with Crippen LogP contribution in [0.5, 0.6) is 0 Å². The highest BCUT2D eigenvalue weighted by atomic mass is 16.5. The van der Waals surface area contributed by atoms with E-state index in [0.29, 0.717) is 11.6 Å². The van der Waals surface area contributed by atoms with Gasteiger partial charge in [0.05, 0.1) is 11.9 Å². The summed E-state index contributed by atoms with van der Waals surface area (Å²) in [5.74, 6) is 1.45. The second kappa shape index (κ2) is 6.64. The zero-order valence-electron chi connectivity index (χ0n) is 15.0. The van der Waals surface area contributed by atoms with Crippen molar-refractivity contribution in [3.05, 3.63) is 28.9 Å². The summed E-state index contributed by atoms with van der Waals surface area (Å²) in [5, 5.41) is 22.3. The molecule has 0 spiro atoms. The highest BCUT2D eigenvalue weighted by molar-refractivity contribution is 5.20. The van der Waals surface area contributed by atoms with E-state index in [-0.39, 0.29) is 0 Å².